The second-order valence-electron chi connectivity index (χ2n) is 3.97. The second kappa shape index (κ2) is 6.27. The van der Waals surface area contributed by atoms with Gasteiger partial charge in [0.25, 0.3) is 0 Å². The van der Waals surface area contributed by atoms with Gasteiger partial charge in [0.1, 0.15) is 5.69 Å². The van der Waals surface area contributed by atoms with Crippen LogP contribution in [0.3, 0.4) is 0 Å². The summed E-state index contributed by atoms with van der Waals surface area (Å²) in [7, 11) is 0. The van der Waals surface area contributed by atoms with E-state index in [9.17, 15) is 22.0 Å². The van der Waals surface area contributed by atoms with E-state index in [1.807, 2.05) is 0 Å². The molecule has 0 fully saturated rings. The van der Waals surface area contributed by atoms with Gasteiger partial charge in [0.05, 0.1) is 6.54 Å². The average Bonchev–Trinajstić information content (AvgIpc) is 2.51. The first-order valence-corrected chi connectivity index (χ1v) is 5.81. The summed E-state index contributed by atoms with van der Waals surface area (Å²) in [4.78, 5) is 0. The van der Waals surface area contributed by atoms with Crippen LogP contribution >= 0.6 is 0 Å². The van der Waals surface area contributed by atoms with E-state index in [0.717, 1.165) is 0 Å². The summed E-state index contributed by atoms with van der Waals surface area (Å²) in [5.41, 5.74) is -0.425. The van der Waals surface area contributed by atoms with Crippen LogP contribution in [-0.2, 0) is 0 Å². The molecular weight excluding hydrogens is 289 g/mol. The second-order valence-corrected chi connectivity index (χ2v) is 3.97. The largest absolute Gasteiger partial charge is 0.369 e. The van der Waals surface area contributed by atoms with Crippen molar-refractivity contribution in [3.05, 3.63) is 65.0 Å². The third-order valence-corrected chi connectivity index (χ3v) is 2.57. The third kappa shape index (κ3) is 3.14. The lowest BCUT2D eigenvalue weighted by Gasteiger charge is -2.08. The van der Waals surface area contributed by atoms with Crippen molar-refractivity contribution >= 4 is 5.69 Å². The summed E-state index contributed by atoms with van der Waals surface area (Å²) < 4.78 is 65.3. The molecule has 0 unspecified atom stereocenters. The van der Waals surface area contributed by atoms with E-state index in [4.69, 9.17) is 0 Å². The number of halogens is 5. The van der Waals surface area contributed by atoms with Gasteiger partial charge in [-0.25, -0.2) is 22.0 Å². The van der Waals surface area contributed by atoms with Crippen LogP contribution < -0.4 is 5.32 Å². The van der Waals surface area contributed by atoms with Crippen LogP contribution in [0.2, 0.25) is 0 Å². The Bertz CT molecular complexity index is 687. The van der Waals surface area contributed by atoms with E-state index in [-0.39, 0.29) is 6.54 Å². The zero-order chi connectivity index (χ0) is 15.4. The Morgan fingerprint density at radius 1 is 0.762 bits per heavy atom. The molecule has 0 spiro atoms. The Kier molecular flexibility index (Phi) is 4.43. The Morgan fingerprint density at radius 2 is 1.29 bits per heavy atom. The molecule has 2 aromatic rings. The molecule has 108 valence electrons. The molecule has 0 aliphatic rings. The molecule has 6 heteroatoms. The Balaban J connectivity index is 2.17. The van der Waals surface area contributed by atoms with E-state index in [2.05, 4.69) is 17.2 Å². The normalized spacial score (nSPS) is 9.95. The quantitative estimate of drug-likeness (QED) is 0.384. The first-order valence-electron chi connectivity index (χ1n) is 5.81. The monoisotopic (exact) mass is 297 g/mol. The molecule has 0 amide bonds. The Morgan fingerprint density at radius 3 is 1.86 bits per heavy atom. The third-order valence-electron chi connectivity index (χ3n) is 2.57. The van der Waals surface area contributed by atoms with Crippen molar-refractivity contribution in [2.75, 3.05) is 11.9 Å². The van der Waals surface area contributed by atoms with Gasteiger partial charge in [0.2, 0.25) is 5.82 Å². The highest BCUT2D eigenvalue weighted by Gasteiger charge is 2.25. The van der Waals surface area contributed by atoms with Crippen molar-refractivity contribution in [3.63, 3.8) is 0 Å². The topological polar surface area (TPSA) is 12.0 Å². The lowest BCUT2D eigenvalue weighted by Crippen LogP contribution is -2.10. The van der Waals surface area contributed by atoms with Gasteiger partial charge >= 0.3 is 0 Å². The van der Waals surface area contributed by atoms with Crippen LogP contribution in [0.15, 0.2) is 30.3 Å². The summed E-state index contributed by atoms with van der Waals surface area (Å²) in [6.45, 7) is -0.271. The Labute approximate surface area is 117 Å². The zero-order valence-corrected chi connectivity index (χ0v) is 10.5. The standard InChI is InChI=1S/C15H8F5N/c16-10-11(17)13(19)15(14(20)12(10)18)21-8-4-7-9-5-2-1-3-6-9/h1-3,5-6,21H,8H2. The number of hydrogen-bond donors (Lipinski definition) is 1. The maximum atomic E-state index is 13.3. The molecule has 1 nitrogen and oxygen atoms in total. The molecule has 2 rings (SSSR count). The maximum Gasteiger partial charge on any atom is 0.200 e. The van der Waals surface area contributed by atoms with E-state index in [0.29, 0.717) is 5.56 Å². The van der Waals surface area contributed by atoms with Crippen LogP contribution in [0.1, 0.15) is 5.56 Å². The summed E-state index contributed by atoms with van der Waals surface area (Å²) in [5.74, 6) is -4.79. The molecule has 1 N–H and O–H groups in total. The van der Waals surface area contributed by atoms with Crippen molar-refractivity contribution < 1.29 is 22.0 Å². The summed E-state index contributed by atoms with van der Waals surface area (Å²) >= 11 is 0. The average molecular weight is 297 g/mol. The lowest BCUT2D eigenvalue weighted by atomic mass is 10.2. The van der Waals surface area contributed by atoms with Gasteiger partial charge in [0, 0.05) is 5.56 Å². The number of hydrogen-bond acceptors (Lipinski definition) is 1. The van der Waals surface area contributed by atoms with Crippen molar-refractivity contribution in [2.45, 2.75) is 0 Å². The first kappa shape index (κ1) is 14.9. The van der Waals surface area contributed by atoms with E-state index < -0.39 is 34.8 Å². The zero-order valence-electron chi connectivity index (χ0n) is 10.5. The highest BCUT2D eigenvalue weighted by atomic mass is 19.2. The fourth-order valence-electron chi connectivity index (χ4n) is 1.56. The van der Waals surface area contributed by atoms with Crippen LogP contribution in [0, 0.1) is 40.9 Å². The molecule has 0 bridgehead atoms. The van der Waals surface area contributed by atoms with E-state index in [1.54, 1.807) is 30.3 Å². The predicted octanol–water partition coefficient (Wildman–Crippen LogP) is 3.85. The van der Waals surface area contributed by atoms with Crippen LogP contribution in [0.5, 0.6) is 0 Å². The molecule has 0 atom stereocenters. The predicted molar refractivity (Wildman–Crippen MR) is 68.0 cm³/mol. The van der Waals surface area contributed by atoms with Crippen molar-refractivity contribution in [1.82, 2.24) is 0 Å². The summed E-state index contributed by atoms with van der Waals surface area (Å²) in [5, 5.41) is 2.09. The van der Waals surface area contributed by atoms with Crippen molar-refractivity contribution in [2.24, 2.45) is 0 Å². The van der Waals surface area contributed by atoms with Gasteiger partial charge in [-0.1, -0.05) is 30.0 Å². The molecule has 0 aliphatic heterocycles. The number of benzene rings is 2. The molecular formula is C15H8F5N. The number of nitrogens with one attached hydrogen (secondary N) is 1. The first-order chi connectivity index (χ1) is 10.0. The van der Waals surface area contributed by atoms with E-state index >= 15 is 0 Å². The Hall–Kier alpha value is -2.55. The maximum absolute atomic E-state index is 13.3. The van der Waals surface area contributed by atoms with Crippen molar-refractivity contribution in [3.8, 4) is 11.8 Å². The van der Waals surface area contributed by atoms with Crippen LogP contribution in [0.4, 0.5) is 27.6 Å². The minimum absolute atomic E-state index is 0.271. The number of anilines is 1. The minimum Gasteiger partial charge on any atom is -0.369 e. The molecule has 0 saturated heterocycles. The van der Waals surface area contributed by atoms with Gasteiger partial charge in [-0.15, -0.1) is 0 Å². The molecule has 0 aromatic heterocycles. The van der Waals surface area contributed by atoms with Gasteiger partial charge in [-0.3, -0.25) is 0 Å². The van der Waals surface area contributed by atoms with Gasteiger partial charge in [-0.2, -0.15) is 0 Å². The highest BCUT2D eigenvalue weighted by molar-refractivity contribution is 5.49. The smallest absolute Gasteiger partial charge is 0.200 e. The van der Waals surface area contributed by atoms with Crippen molar-refractivity contribution in [1.29, 1.82) is 0 Å². The van der Waals surface area contributed by atoms with E-state index in [1.165, 1.54) is 0 Å². The molecule has 2 aromatic carbocycles. The lowest BCUT2D eigenvalue weighted by molar-refractivity contribution is 0.381. The van der Waals surface area contributed by atoms with Gasteiger partial charge in [0.15, 0.2) is 23.3 Å². The highest BCUT2D eigenvalue weighted by Crippen LogP contribution is 2.26. The minimum atomic E-state index is -2.19. The molecule has 21 heavy (non-hydrogen) atoms. The van der Waals surface area contributed by atoms with Crippen LogP contribution in [-0.4, -0.2) is 6.54 Å². The molecule has 0 heterocycles. The van der Waals surface area contributed by atoms with Gasteiger partial charge < -0.3 is 5.32 Å². The fourth-order valence-corrected chi connectivity index (χ4v) is 1.56. The molecule has 0 radical (unpaired) electrons. The number of rotatable bonds is 2. The van der Waals surface area contributed by atoms with Crippen LogP contribution in [0.25, 0.3) is 0 Å². The van der Waals surface area contributed by atoms with Gasteiger partial charge in [-0.05, 0) is 12.1 Å². The molecule has 0 saturated carbocycles. The summed E-state index contributed by atoms with van der Waals surface area (Å²) in [6, 6.07) is 8.72. The summed E-state index contributed by atoms with van der Waals surface area (Å²) in [6.07, 6.45) is 0. The SMILES string of the molecule is Fc1c(F)c(F)c(NCC#Cc2ccccc2)c(F)c1F. The molecule has 0 aliphatic carbocycles. The fraction of sp³-hybridized carbons (Fsp3) is 0.0667.